The second-order valence-corrected chi connectivity index (χ2v) is 6.58. The number of aromatic nitrogens is 2. The van der Waals surface area contributed by atoms with Crippen LogP contribution >= 0.6 is 11.6 Å². The van der Waals surface area contributed by atoms with Gasteiger partial charge in [0, 0.05) is 23.6 Å². The van der Waals surface area contributed by atoms with Gasteiger partial charge in [-0.05, 0) is 23.3 Å². The standard InChI is InChI=1S/C20H19ClN2O4/c1-27-18(25)11-14(13-7-8-17(24)15(21)10-13)19-16(22-23-20(19)26)9-12-5-3-2-4-6-12/h2-8,10,14,24H,9,11H2,1H3,(H2,22,23,26)/t14-/m0/s1. The van der Waals surface area contributed by atoms with E-state index in [1.165, 1.54) is 13.2 Å². The molecule has 0 saturated heterocycles. The van der Waals surface area contributed by atoms with Crippen LogP contribution in [0.25, 0.3) is 0 Å². The largest absolute Gasteiger partial charge is 0.506 e. The minimum Gasteiger partial charge on any atom is -0.506 e. The first kappa shape index (κ1) is 18.8. The van der Waals surface area contributed by atoms with Gasteiger partial charge in [-0.2, -0.15) is 0 Å². The van der Waals surface area contributed by atoms with Crippen molar-refractivity contribution in [1.29, 1.82) is 0 Å². The molecule has 0 aliphatic carbocycles. The normalized spacial score (nSPS) is 11.9. The third kappa shape index (κ3) is 4.23. The monoisotopic (exact) mass is 386 g/mol. The third-order valence-electron chi connectivity index (χ3n) is 4.44. The molecule has 6 nitrogen and oxygen atoms in total. The van der Waals surface area contributed by atoms with E-state index in [1.54, 1.807) is 12.1 Å². The summed E-state index contributed by atoms with van der Waals surface area (Å²) in [5.41, 5.74) is 2.49. The predicted molar refractivity (Wildman–Crippen MR) is 102 cm³/mol. The lowest BCUT2D eigenvalue weighted by molar-refractivity contribution is -0.140. The SMILES string of the molecule is COC(=O)C[C@@H](c1ccc(O)c(Cl)c1)c1c(Cc2ccccc2)[nH][nH]c1=O. The van der Waals surface area contributed by atoms with Crippen molar-refractivity contribution in [2.45, 2.75) is 18.8 Å². The number of H-pyrrole nitrogens is 2. The number of aromatic amines is 2. The van der Waals surface area contributed by atoms with Crippen LogP contribution in [-0.4, -0.2) is 28.4 Å². The second kappa shape index (κ2) is 8.14. The van der Waals surface area contributed by atoms with Crippen LogP contribution < -0.4 is 5.56 Å². The van der Waals surface area contributed by atoms with E-state index >= 15 is 0 Å². The number of hydrogen-bond acceptors (Lipinski definition) is 4. The number of rotatable bonds is 6. The Kier molecular flexibility index (Phi) is 5.66. The Hall–Kier alpha value is -2.99. The van der Waals surface area contributed by atoms with Gasteiger partial charge in [0.1, 0.15) is 5.75 Å². The topological polar surface area (TPSA) is 95.2 Å². The number of esters is 1. The molecule has 140 valence electrons. The summed E-state index contributed by atoms with van der Waals surface area (Å²) >= 11 is 6.04. The first-order valence-corrected chi connectivity index (χ1v) is 8.76. The Bertz CT molecular complexity index is 995. The number of hydrogen-bond donors (Lipinski definition) is 3. The van der Waals surface area contributed by atoms with Gasteiger partial charge >= 0.3 is 5.97 Å². The molecule has 0 aliphatic rings. The van der Waals surface area contributed by atoms with E-state index < -0.39 is 11.9 Å². The van der Waals surface area contributed by atoms with Crippen molar-refractivity contribution in [3.63, 3.8) is 0 Å². The molecule has 3 aromatic rings. The van der Waals surface area contributed by atoms with Gasteiger partial charge in [0.05, 0.1) is 18.6 Å². The van der Waals surface area contributed by atoms with E-state index in [0.29, 0.717) is 23.2 Å². The maximum absolute atomic E-state index is 12.5. The van der Waals surface area contributed by atoms with Crippen LogP contribution in [0.3, 0.4) is 0 Å². The Morgan fingerprint density at radius 2 is 1.93 bits per heavy atom. The molecule has 2 aromatic carbocycles. The fourth-order valence-electron chi connectivity index (χ4n) is 3.09. The number of aromatic hydroxyl groups is 1. The fraction of sp³-hybridized carbons (Fsp3) is 0.200. The minimum atomic E-state index is -0.565. The molecule has 1 atom stereocenters. The quantitative estimate of drug-likeness (QED) is 0.566. The summed E-state index contributed by atoms with van der Waals surface area (Å²) in [6, 6.07) is 14.3. The van der Waals surface area contributed by atoms with Crippen molar-refractivity contribution >= 4 is 17.6 Å². The van der Waals surface area contributed by atoms with E-state index in [1.807, 2.05) is 30.3 Å². The van der Waals surface area contributed by atoms with Gasteiger partial charge in [-0.3, -0.25) is 14.7 Å². The number of phenolic OH excluding ortho intramolecular Hbond substituents is 1. The average Bonchev–Trinajstić information content (AvgIpc) is 3.02. The van der Waals surface area contributed by atoms with Crippen LogP contribution in [-0.2, 0) is 16.0 Å². The van der Waals surface area contributed by atoms with Crippen LogP contribution in [0.1, 0.15) is 34.7 Å². The zero-order valence-corrected chi connectivity index (χ0v) is 15.4. The molecular formula is C20H19ClN2O4. The number of carbonyl (C=O) groups is 1. The van der Waals surface area contributed by atoms with Crippen LogP contribution in [0.15, 0.2) is 53.3 Å². The fourth-order valence-corrected chi connectivity index (χ4v) is 3.28. The Morgan fingerprint density at radius 1 is 1.19 bits per heavy atom. The van der Waals surface area contributed by atoms with Crippen molar-refractivity contribution in [1.82, 2.24) is 10.2 Å². The number of carbonyl (C=O) groups excluding carboxylic acids is 1. The lowest BCUT2D eigenvalue weighted by atomic mass is 9.87. The highest BCUT2D eigenvalue weighted by Crippen LogP contribution is 2.33. The molecule has 1 heterocycles. The first-order valence-electron chi connectivity index (χ1n) is 8.38. The summed E-state index contributed by atoms with van der Waals surface area (Å²) in [7, 11) is 1.30. The van der Waals surface area contributed by atoms with Gasteiger partial charge < -0.3 is 14.9 Å². The zero-order valence-electron chi connectivity index (χ0n) is 14.7. The minimum absolute atomic E-state index is 0.0275. The van der Waals surface area contributed by atoms with E-state index in [9.17, 15) is 14.7 Å². The van der Waals surface area contributed by atoms with E-state index in [4.69, 9.17) is 16.3 Å². The summed E-state index contributed by atoms with van der Waals surface area (Å²) < 4.78 is 4.81. The molecule has 0 saturated carbocycles. The summed E-state index contributed by atoms with van der Waals surface area (Å²) in [6.45, 7) is 0. The predicted octanol–water partition coefficient (Wildman–Crippen LogP) is 3.35. The molecule has 0 amide bonds. The number of nitrogens with one attached hydrogen (secondary N) is 2. The molecule has 0 aliphatic heterocycles. The maximum Gasteiger partial charge on any atom is 0.306 e. The van der Waals surface area contributed by atoms with Crippen molar-refractivity contribution in [2.75, 3.05) is 7.11 Å². The Balaban J connectivity index is 2.06. The smallest absolute Gasteiger partial charge is 0.306 e. The summed E-state index contributed by atoms with van der Waals surface area (Å²) in [5.74, 6) is -1.08. The van der Waals surface area contributed by atoms with Gasteiger partial charge in [-0.25, -0.2) is 0 Å². The van der Waals surface area contributed by atoms with Crippen LogP contribution in [0.2, 0.25) is 5.02 Å². The number of methoxy groups -OCH3 is 1. The van der Waals surface area contributed by atoms with Crippen LogP contribution in [0, 0.1) is 0 Å². The number of phenols is 1. The number of halogens is 1. The van der Waals surface area contributed by atoms with Crippen molar-refractivity contribution in [3.8, 4) is 5.75 Å². The van der Waals surface area contributed by atoms with Crippen LogP contribution in [0.5, 0.6) is 5.75 Å². The summed E-state index contributed by atoms with van der Waals surface area (Å²) in [4.78, 5) is 24.5. The molecular weight excluding hydrogens is 368 g/mol. The lowest BCUT2D eigenvalue weighted by Crippen LogP contribution is -2.18. The molecule has 0 unspecified atom stereocenters. The molecule has 0 spiro atoms. The molecule has 7 heteroatoms. The molecule has 27 heavy (non-hydrogen) atoms. The molecule has 0 bridgehead atoms. The Labute approximate surface area is 160 Å². The van der Waals surface area contributed by atoms with Crippen molar-refractivity contribution in [3.05, 3.63) is 86.3 Å². The van der Waals surface area contributed by atoms with E-state index in [2.05, 4.69) is 10.2 Å². The van der Waals surface area contributed by atoms with Gasteiger partial charge in [-0.1, -0.05) is 48.0 Å². The van der Waals surface area contributed by atoms with E-state index in [0.717, 1.165) is 5.56 Å². The lowest BCUT2D eigenvalue weighted by Gasteiger charge is -2.17. The molecule has 1 aromatic heterocycles. The van der Waals surface area contributed by atoms with Gasteiger partial charge in [0.2, 0.25) is 0 Å². The number of ether oxygens (including phenoxy) is 1. The van der Waals surface area contributed by atoms with Gasteiger partial charge in [-0.15, -0.1) is 0 Å². The summed E-state index contributed by atoms with van der Waals surface area (Å²) in [5, 5.41) is 15.4. The van der Waals surface area contributed by atoms with Gasteiger partial charge in [0.15, 0.2) is 0 Å². The van der Waals surface area contributed by atoms with Crippen molar-refractivity contribution in [2.24, 2.45) is 0 Å². The maximum atomic E-state index is 12.5. The molecule has 0 radical (unpaired) electrons. The third-order valence-corrected chi connectivity index (χ3v) is 4.74. The highest BCUT2D eigenvalue weighted by Gasteiger charge is 2.26. The van der Waals surface area contributed by atoms with Gasteiger partial charge in [0.25, 0.3) is 5.56 Å². The average molecular weight is 387 g/mol. The first-order chi connectivity index (χ1) is 13.0. The van der Waals surface area contributed by atoms with Crippen molar-refractivity contribution < 1.29 is 14.6 Å². The van der Waals surface area contributed by atoms with E-state index in [-0.39, 0.29) is 22.8 Å². The highest BCUT2D eigenvalue weighted by atomic mass is 35.5. The second-order valence-electron chi connectivity index (χ2n) is 6.18. The summed E-state index contributed by atoms with van der Waals surface area (Å²) in [6.07, 6.45) is 0.471. The molecule has 0 fully saturated rings. The highest BCUT2D eigenvalue weighted by molar-refractivity contribution is 6.32. The molecule has 3 N–H and O–H groups in total. The zero-order chi connectivity index (χ0) is 19.4. The Morgan fingerprint density at radius 3 is 2.59 bits per heavy atom. The number of benzene rings is 2. The molecule has 3 rings (SSSR count). The van der Waals surface area contributed by atoms with Crippen LogP contribution in [0.4, 0.5) is 0 Å².